The fourth-order valence-electron chi connectivity index (χ4n) is 2.02. The van der Waals surface area contributed by atoms with Gasteiger partial charge in [-0.05, 0) is 0 Å². The standard InChI is InChI=1S/C13H14Cl2.Zr/c1-11(2,12(14)7-3-4-8-12)13(15)9-5-6-10-13;/h3-10H,1-2H3;. The minimum absolute atomic E-state index is 0. The first-order valence-corrected chi connectivity index (χ1v) is 5.79. The van der Waals surface area contributed by atoms with Gasteiger partial charge in [-0.3, -0.25) is 0 Å². The van der Waals surface area contributed by atoms with Crippen molar-refractivity contribution in [2.45, 2.75) is 23.6 Å². The Bertz CT molecular complexity index is 329. The van der Waals surface area contributed by atoms with Crippen LogP contribution in [0.1, 0.15) is 13.8 Å². The van der Waals surface area contributed by atoms with E-state index in [1.807, 2.05) is 48.6 Å². The smallest absolute Gasteiger partial charge is 0.0886 e. The molecule has 0 fully saturated rings. The van der Waals surface area contributed by atoms with Crippen molar-refractivity contribution in [2.24, 2.45) is 5.41 Å². The summed E-state index contributed by atoms with van der Waals surface area (Å²) in [5.41, 5.74) is -0.282. The van der Waals surface area contributed by atoms with Gasteiger partial charge in [-0.2, -0.15) is 0 Å². The predicted molar refractivity (Wildman–Crippen MR) is 67.5 cm³/mol. The molecule has 84 valence electrons. The van der Waals surface area contributed by atoms with Crippen LogP contribution in [0.3, 0.4) is 0 Å². The van der Waals surface area contributed by atoms with Gasteiger partial charge in [-0.25, -0.2) is 0 Å². The van der Waals surface area contributed by atoms with E-state index in [2.05, 4.69) is 13.8 Å². The molecule has 0 bridgehead atoms. The van der Waals surface area contributed by atoms with E-state index >= 15 is 0 Å². The largest absolute Gasteiger partial charge is 0.109 e. The van der Waals surface area contributed by atoms with Gasteiger partial charge >= 0.3 is 0 Å². The Hall–Kier alpha value is 0.423. The molecule has 0 amide bonds. The Morgan fingerprint density at radius 2 is 1.00 bits per heavy atom. The molecule has 0 aromatic carbocycles. The summed E-state index contributed by atoms with van der Waals surface area (Å²) in [5, 5.41) is 0. The van der Waals surface area contributed by atoms with Crippen molar-refractivity contribution < 1.29 is 26.2 Å². The van der Waals surface area contributed by atoms with Gasteiger partial charge in [0.1, 0.15) is 0 Å². The van der Waals surface area contributed by atoms with Crippen molar-refractivity contribution in [3.63, 3.8) is 0 Å². The second-order valence-electron chi connectivity index (χ2n) is 4.60. The van der Waals surface area contributed by atoms with Crippen molar-refractivity contribution in [1.82, 2.24) is 0 Å². The summed E-state index contributed by atoms with van der Waals surface area (Å²) >= 11 is 13.2. The molecule has 3 heteroatoms. The first-order chi connectivity index (χ1) is 6.91. The Morgan fingerprint density at radius 3 is 1.25 bits per heavy atom. The first-order valence-electron chi connectivity index (χ1n) is 5.03. The molecule has 0 spiro atoms. The van der Waals surface area contributed by atoms with Crippen LogP contribution in [0.2, 0.25) is 0 Å². The van der Waals surface area contributed by atoms with Crippen LogP contribution in [0.5, 0.6) is 0 Å². The molecule has 2 rings (SSSR count). The molecule has 0 nitrogen and oxygen atoms in total. The van der Waals surface area contributed by atoms with Crippen molar-refractivity contribution in [3.05, 3.63) is 48.6 Å². The van der Waals surface area contributed by atoms with Crippen LogP contribution in [0.15, 0.2) is 48.6 Å². The Kier molecular flexibility index (Phi) is 4.16. The zero-order valence-corrected chi connectivity index (χ0v) is 13.3. The molecular formula is C13H14Cl2Zr. The fraction of sp³-hybridized carbons (Fsp3) is 0.385. The number of hydrogen-bond acceptors (Lipinski definition) is 0. The number of hydrogen-bond donors (Lipinski definition) is 0. The van der Waals surface area contributed by atoms with Gasteiger partial charge in [-0.1, -0.05) is 62.5 Å². The summed E-state index contributed by atoms with van der Waals surface area (Å²) < 4.78 is 0. The van der Waals surface area contributed by atoms with Crippen LogP contribution < -0.4 is 0 Å². The van der Waals surface area contributed by atoms with Gasteiger partial charge in [-0.15, -0.1) is 23.2 Å². The van der Waals surface area contributed by atoms with Gasteiger partial charge in [0.15, 0.2) is 0 Å². The number of halogens is 2. The molecule has 0 saturated heterocycles. The van der Waals surface area contributed by atoms with Crippen LogP contribution in [0.25, 0.3) is 0 Å². The summed E-state index contributed by atoms with van der Waals surface area (Å²) in [6.07, 6.45) is 15.9. The van der Waals surface area contributed by atoms with E-state index in [4.69, 9.17) is 23.2 Å². The summed E-state index contributed by atoms with van der Waals surface area (Å²) in [4.78, 5) is -1.01. The Labute approximate surface area is 126 Å². The third-order valence-electron chi connectivity index (χ3n) is 3.49. The molecule has 2 aliphatic carbocycles. The van der Waals surface area contributed by atoms with E-state index in [1.54, 1.807) is 0 Å². The van der Waals surface area contributed by atoms with E-state index in [1.165, 1.54) is 0 Å². The first kappa shape index (κ1) is 14.5. The maximum atomic E-state index is 6.61. The number of alkyl halides is 2. The topological polar surface area (TPSA) is 0 Å². The molecule has 0 heterocycles. The predicted octanol–water partition coefficient (Wildman–Crippen LogP) is 4.22. The number of allylic oxidation sites excluding steroid dienone is 8. The van der Waals surface area contributed by atoms with Crippen molar-refractivity contribution >= 4 is 23.2 Å². The summed E-state index contributed by atoms with van der Waals surface area (Å²) in [5.74, 6) is 0. The van der Waals surface area contributed by atoms with E-state index in [0.717, 1.165) is 0 Å². The van der Waals surface area contributed by atoms with Crippen LogP contribution in [-0.4, -0.2) is 9.75 Å². The fourth-order valence-corrected chi connectivity index (χ4v) is 2.67. The SMILES string of the molecule is CC(C)(C1(Cl)C=CC=C1)C1(Cl)C=CC=C1.[Zr]. The molecule has 0 atom stereocenters. The summed E-state index contributed by atoms with van der Waals surface area (Å²) in [7, 11) is 0. The molecule has 2 aliphatic rings. The van der Waals surface area contributed by atoms with Crippen molar-refractivity contribution in [1.29, 1.82) is 0 Å². The minimum Gasteiger partial charge on any atom is -0.109 e. The Balaban J connectivity index is 0.00000128. The van der Waals surface area contributed by atoms with Gasteiger partial charge in [0.25, 0.3) is 0 Å². The number of rotatable bonds is 2. The quantitative estimate of drug-likeness (QED) is 0.664. The third kappa shape index (κ3) is 1.96. The molecule has 0 aromatic rings. The Morgan fingerprint density at radius 1 is 0.750 bits per heavy atom. The van der Waals surface area contributed by atoms with E-state index < -0.39 is 9.75 Å². The molecule has 0 saturated carbocycles. The maximum Gasteiger partial charge on any atom is 0.0886 e. The molecule has 0 aliphatic heterocycles. The molecule has 0 N–H and O–H groups in total. The zero-order valence-electron chi connectivity index (χ0n) is 9.37. The van der Waals surface area contributed by atoms with Gasteiger partial charge < -0.3 is 0 Å². The van der Waals surface area contributed by atoms with Gasteiger partial charge in [0, 0.05) is 31.6 Å². The molecule has 0 radical (unpaired) electrons. The van der Waals surface area contributed by atoms with Gasteiger partial charge in [0.05, 0.1) is 9.75 Å². The van der Waals surface area contributed by atoms with Crippen LogP contribution in [0.4, 0.5) is 0 Å². The monoisotopic (exact) mass is 330 g/mol. The molecule has 0 unspecified atom stereocenters. The van der Waals surface area contributed by atoms with Crippen molar-refractivity contribution in [3.8, 4) is 0 Å². The van der Waals surface area contributed by atoms with E-state index in [9.17, 15) is 0 Å². The van der Waals surface area contributed by atoms with Crippen LogP contribution in [-0.2, 0) is 26.2 Å². The van der Waals surface area contributed by atoms with Gasteiger partial charge in [0.2, 0.25) is 0 Å². The molecule has 16 heavy (non-hydrogen) atoms. The van der Waals surface area contributed by atoms with Crippen LogP contribution >= 0.6 is 23.2 Å². The second kappa shape index (κ2) is 4.60. The van der Waals surface area contributed by atoms with E-state index in [0.29, 0.717) is 0 Å². The second-order valence-corrected chi connectivity index (χ2v) is 5.85. The molecule has 0 aromatic heterocycles. The zero-order chi connectivity index (χ0) is 11.2. The average Bonchev–Trinajstić information content (AvgIpc) is 2.76. The summed E-state index contributed by atoms with van der Waals surface area (Å²) in [6.45, 7) is 4.18. The normalized spacial score (nSPS) is 23.8. The summed E-state index contributed by atoms with van der Waals surface area (Å²) in [6, 6.07) is 0. The average molecular weight is 332 g/mol. The third-order valence-corrected chi connectivity index (χ3v) is 4.94. The minimum atomic E-state index is -0.506. The maximum absolute atomic E-state index is 6.61. The van der Waals surface area contributed by atoms with E-state index in [-0.39, 0.29) is 31.6 Å². The van der Waals surface area contributed by atoms with Crippen LogP contribution in [0, 0.1) is 5.41 Å². The molecular weight excluding hydrogens is 318 g/mol. The van der Waals surface area contributed by atoms with Crippen molar-refractivity contribution in [2.75, 3.05) is 0 Å².